The molecule has 0 bridgehead atoms. The fraction of sp³-hybridized carbons (Fsp3) is 0. The summed E-state index contributed by atoms with van der Waals surface area (Å²) < 4.78 is 201. The van der Waals surface area contributed by atoms with Gasteiger partial charge in [0.1, 0.15) is 22.3 Å². The van der Waals surface area contributed by atoms with E-state index < -0.39 is 108 Å². The minimum Gasteiger partial charge on any atom is -0.456 e. The molecule has 0 aliphatic heterocycles. The summed E-state index contributed by atoms with van der Waals surface area (Å²) in [5.74, 6) is 0. The molecule has 0 saturated carbocycles. The summed E-state index contributed by atoms with van der Waals surface area (Å²) in [6.45, 7) is 0. The number of para-hydroxylation sites is 1. The molecule has 2 nitrogen and oxygen atoms in total. The lowest BCUT2D eigenvalue weighted by molar-refractivity contribution is 0.669. The van der Waals surface area contributed by atoms with Crippen molar-refractivity contribution in [3.05, 3.63) is 315 Å². The van der Waals surface area contributed by atoms with E-state index in [0.717, 1.165) is 65.3 Å². The van der Waals surface area contributed by atoms with Crippen LogP contribution in [-0.2, 0) is 0 Å². The van der Waals surface area contributed by atoms with Crippen molar-refractivity contribution in [2.45, 2.75) is 0 Å². The Kier molecular flexibility index (Phi) is 7.56. The van der Waals surface area contributed by atoms with Gasteiger partial charge in [0, 0.05) is 27.1 Å². The second-order valence-electron chi connectivity index (χ2n) is 21.7. The van der Waals surface area contributed by atoms with E-state index >= 15 is 0 Å². The Morgan fingerprint density at radius 3 is 1.32 bits per heavy atom. The lowest BCUT2D eigenvalue weighted by atomic mass is 9.82. The fourth-order valence-corrected chi connectivity index (χ4v) is 13.4. The molecule has 0 N–H and O–H groups in total. The lowest BCUT2D eigenvalue weighted by Crippen LogP contribution is -1.93. The Morgan fingerprint density at radius 2 is 0.682 bits per heavy atom. The van der Waals surface area contributed by atoms with Gasteiger partial charge in [-0.3, -0.25) is 0 Å². The van der Waals surface area contributed by atoms with Crippen LogP contribution < -0.4 is 0 Å². The number of fused-ring (bicyclic) bond motifs is 10. The second kappa shape index (κ2) is 20.0. The molecule has 0 fully saturated rings. The second-order valence-corrected chi connectivity index (χ2v) is 21.7. The van der Waals surface area contributed by atoms with Crippen LogP contribution in [0.3, 0.4) is 0 Å². The van der Waals surface area contributed by atoms with Crippen molar-refractivity contribution in [3.63, 3.8) is 0 Å². The molecule has 0 spiro atoms. The van der Waals surface area contributed by atoms with Crippen molar-refractivity contribution in [2.24, 2.45) is 0 Å². The van der Waals surface area contributed by atoms with Crippen molar-refractivity contribution in [3.8, 4) is 66.8 Å². The van der Waals surface area contributed by atoms with Gasteiger partial charge in [0.15, 0.2) is 0 Å². The van der Waals surface area contributed by atoms with Gasteiger partial charge in [0.25, 0.3) is 0 Å². The Balaban J connectivity index is 0.000000154. The van der Waals surface area contributed by atoms with E-state index in [2.05, 4.69) is 24.3 Å². The van der Waals surface area contributed by atoms with Gasteiger partial charge in [-0.2, -0.15) is 0 Å². The van der Waals surface area contributed by atoms with Crippen LogP contribution in [0.4, 0.5) is 0 Å². The first-order valence-corrected chi connectivity index (χ1v) is 28.6. The van der Waals surface area contributed by atoms with Crippen molar-refractivity contribution >= 4 is 119 Å². The normalized spacial score (nSPS) is 15.2. The molecule has 0 atom stereocenters. The van der Waals surface area contributed by atoms with Crippen molar-refractivity contribution in [2.75, 3.05) is 0 Å². The zero-order valence-electron chi connectivity index (χ0n) is 67.2. The summed E-state index contributed by atoms with van der Waals surface area (Å²) in [5, 5.41) is 8.66. The largest absolute Gasteiger partial charge is 0.456 e. The van der Waals surface area contributed by atoms with Gasteiger partial charge in [0.2, 0.25) is 0 Å². The van der Waals surface area contributed by atoms with E-state index in [9.17, 15) is 8.22 Å². The predicted molar refractivity (Wildman–Crippen MR) is 374 cm³/mol. The number of hydrogen-bond donors (Lipinski definition) is 0. The average Bonchev–Trinajstić information content (AvgIpc) is 1.34. The molecule has 19 rings (SSSR count). The quantitative estimate of drug-likeness (QED) is 0.123. The third kappa shape index (κ3) is 7.69. The highest BCUT2D eigenvalue weighted by molar-refractivity contribution is 6.31. The first-order valence-electron chi connectivity index (χ1n) is 39.1. The highest BCUT2D eigenvalue weighted by Crippen LogP contribution is 2.51. The minimum atomic E-state index is -0.713. The molecule has 2 heteroatoms. The maximum Gasteiger partial charge on any atom is 0.143 e. The first kappa shape index (κ1) is 33.2. The molecule has 2 heterocycles. The van der Waals surface area contributed by atoms with Gasteiger partial charge < -0.3 is 8.83 Å². The standard InChI is InChI=1S/C48H28O.C38H24O/c1-2-11-29(12-3-1)33-27-28-41(47-40-19-8-9-20-42(40)49-48(33)47)46-36-17-6-4-15-34(36)45(35-16-5-7-18-37(35)46)39-26-24-32-22-21-30-13-10-14-31-23-25-38(39)44(32)43(30)31;1-3-12-25(13-4-1)28-20-11-21-35-38(28)33-24-27(22-23-34(33)39-35)37-31-18-9-7-16-29(31)36(26-14-5-2-6-15-26)30-17-8-10-19-32(30)37/h1-28H;1-24H/i4D,5D,6D,7D,15D,16D,17D,18D;2D,5D,6D,7D,8D,9D,10D,14D,15D,16D,17D,18D,19D. The Hall–Kier alpha value is -11.6. The zero-order chi connectivity index (χ0) is 76.1. The van der Waals surface area contributed by atoms with Crippen LogP contribution in [0.1, 0.15) is 28.8 Å². The van der Waals surface area contributed by atoms with Crippen LogP contribution in [-0.4, -0.2) is 0 Å². The SMILES string of the molecule is [2H]c1c([2H])c([2H])c(-c2c3c([2H])c([2H])c([2H])c([2H])c3c(-c3ccc4oc5cccc(-c6ccccc6)c5c4c3)c3c([2H])c([2H])c([2H])c([2H])c23)c([2H])c1[2H].[2H]c1c([2H])c([2H])c2c(-c3ccc(-c4ccccc4)c4oc5ccccc5c34)c3c([2H])c([2H])c([2H])c([2H])c3c(-c3ccc4ccc5cccc6ccc3c4c56)c2c1[2H]. The summed E-state index contributed by atoms with van der Waals surface area (Å²) in [6, 6.07) is 48.6. The van der Waals surface area contributed by atoms with Crippen LogP contribution in [0.5, 0.6) is 0 Å². The highest BCUT2D eigenvalue weighted by Gasteiger charge is 2.25. The van der Waals surface area contributed by atoms with E-state index in [4.69, 9.17) is 29.4 Å². The van der Waals surface area contributed by atoms with Crippen LogP contribution in [0.2, 0.25) is 0 Å². The molecule has 0 aliphatic carbocycles. The summed E-state index contributed by atoms with van der Waals surface area (Å²) in [6.07, 6.45) is 0. The predicted octanol–water partition coefficient (Wildman–Crippen LogP) is 24.7. The van der Waals surface area contributed by atoms with E-state index in [1.807, 2.05) is 146 Å². The summed E-state index contributed by atoms with van der Waals surface area (Å²) >= 11 is 0. The van der Waals surface area contributed by atoms with Gasteiger partial charge in [-0.15, -0.1) is 0 Å². The summed E-state index contributed by atoms with van der Waals surface area (Å²) in [4.78, 5) is 0. The molecule has 19 aromatic rings. The van der Waals surface area contributed by atoms with E-state index in [1.165, 1.54) is 0 Å². The molecule has 88 heavy (non-hydrogen) atoms. The average molecular weight is 1140 g/mol. The molecule has 17 aromatic carbocycles. The zero-order valence-corrected chi connectivity index (χ0v) is 46.2. The first-order chi connectivity index (χ1) is 52.4. The third-order valence-corrected chi connectivity index (χ3v) is 17.0. The van der Waals surface area contributed by atoms with Crippen LogP contribution in [0.25, 0.3) is 186 Å². The van der Waals surface area contributed by atoms with Crippen LogP contribution >= 0.6 is 0 Å². The Labute approximate surface area is 536 Å². The molecule has 0 aliphatic rings. The maximum absolute atomic E-state index is 9.61. The smallest absolute Gasteiger partial charge is 0.143 e. The topological polar surface area (TPSA) is 26.3 Å². The van der Waals surface area contributed by atoms with E-state index in [1.54, 1.807) is 18.2 Å². The Bertz CT molecular complexity index is 7090. The fourth-order valence-electron chi connectivity index (χ4n) is 13.4. The number of hydrogen-bond acceptors (Lipinski definition) is 2. The lowest BCUT2D eigenvalue weighted by Gasteiger charge is -2.20. The number of rotatable bonds is 6. The van der Waals surface area contributed by atoms with E-state index in [-0.39, 0.29) is 83.9 Å². The van der Waals surface area contributed by atoms with Crippen molar-refractivity contribution < 1.29 is 37.6 Å². The van der Waals surface area contributed by atoms with Gasteiger partial charge in [0.05, 0.1) is 28.8 Å². The number of furan rings is 2. The molecule has 0 radical (unpaired) electrons. The molecule has 0 unspecified atom stereocenters. The van der Waals surface area contributed by atoms with Crippen molar-refractivity contribution in [1.82, 2.24) is 0 Å². The minimum absolute atomic E-state index is 0.0635. The van der Waals surface area contributed by atoms with Gasteiger partial charge in [-0.1, -0.05) is 285 Å². The molecule has 2 aromatic heterocycles. The van der Waals surface area contributed by atoms with Crippen LogP contribution in [0, 0.1) is 0 Å². The molecule has 0 saturated heterocycles. The number of benzene rings is 17. The molecule has 0 amide bonds. The molecular formula is C86H52O2. The monoisotopic (exact) mass is 1140 g/mol. The Morgan fingerprint density at radius 1 is 0.216 bits per heavy atom. The maximum atomic E-state index is 9.61. The van der Waals surface area contributed by atoms with Gasteiger partial charge >= 0.3 is 0 Å². The molecular weight excluding hydrogens is 1060 g/mol. The third-order valence-electron chi connectivity index (χ3n) is 17.0. The van der Waals surface area contributed by atoms with Gasteiger partial charge in [-0.25, -0.2) is 0 Å². The summed E-state index contributed by atoms with van der Waals surface area (Å²) in [7, 11) is 0. The van der Waals surface area contributed by atoms with E-state index in [0.29, 0.717) is 55.4 Å². The van der Waals surface area contributed by atoms with Crippen LogP contribution in [0.15, 0.2) is 324 Å². The molecule has 408 valence electrons. The van der Waals surface area contributed by atoms with Gasteiger partial charge in [-0.05, 0) is 167 Å². The summed E-state index contributed by atoms with van der Waals surface area (Å²) in [5.41, 5.74) is 7.17. The van der Waals surface area contributed by atoms with Crippen molar-refractivity contribution in [1.29, 1.82) is 0 Å². The highest BCUT2D eigenvalue weighted by atomic mass is 16.3.